The average Bonchev–Trinajstić information content (AvgIpc) is 2.74. The minimum Gasteiger partial charge on any atom is -0.478 e. The number of anilines is 1. The van der Waals surface area contributed by atoms with E-state index in [-0.39, 0.29) is 11.3 Å². The maximum atomic E-state index is 12.6. The summed E-state index contributed by atoms with van der Waals surface area (Å²) in [6, 6.07) is 11.3. The van der Waals surface area contributed by atoms with Crippen molar-refractivity contribution in [1.82, 2.24) is 0 Å². The van der Waals surface area contributed by atoms with Crippen molar-refractivity contribution in [3.05, 3.63) is 69.8 Å². The third-order valence-corrected chi connectivity index (χ3v) is 8.39. The second kappa shape index (κ2) is 8.48. The Kier molecular flexibility index (Phi) is 5.78. The van der Waals surface area contributed by atoms with Gasteiger partial charge in [-0.15, -0.1) is 0 Å². The molecule has 4 nitrogen and oxygen atoms in total. The van der Waals surface area contributed by atoms with Gasteiger partial charge in [0.25, 0.3) is 0 Å². The van der Waals surface area contributed by atoms with E-state index in [9.17, 15) is 14.7 Å². The molecule has 1 amide bonds. The number of halogens is 2. The molecule has 4 bridgehead atoms. The number of nitrogens with one attached hydrogen (secondary N) is 1. The van der Waals surface area contributed by atoms with Gasteiger partial charge in [0.05, 0.1) is 16.3 Å². The molecular formula is C27H27Cl2NO3. The number of hydrogen-bond acceptors (Lipinski definition) is 2. The number of aromatic carboxylic acids is 1. The third kappa shape index (κ3) is 4.31. The fourth-order valence-electron chi connectivity index (χ4n) is 6.88. The quantitative estimate of drug-likeness (QED) is 0.448. The molecule has 0 spiro atoms. The van der Waals surface area contributed by atoms with Gasteiger partial charge in [0.2, 0.25) is 5.91 Å². The molecule has 4 saturated carbocycles. The Balaban J connectivity index is 1.33. The molecule has 0 aliphatic heterocycles. The molecule has 0 unspecified atom stereocenters. The van der Waals surface area contributed by atoms with Crippen LogP contribution in [0.1, 0.15) is 65.6 Å². The first kappa shape index (κ1) is 22.5. The smallest absolute Gasteiger partial charge is 0.337 e. The van der Waals surface area contributed by atoms with Crippen LogP contribution in [-0.4, -0.2) is 17.0 Å². The van der Waals surface area contributed by atoms with Gasteiger partial charge in [-0.2, -0.15) is 0 Å². The van der Waals surface area contributed by atoms with Crippen LogP contribution in [-0.2, 0) is 10.2 Å². The lowest BCUT2D eigenvalue weighted by atomic mass is 9.48. The van der Waals surface area contributed by atoms with Crippen molar-refractivity contribution in [2.24, 2.45) is 17.8 Å². The Bertz CT molecular complexity index is 1120. The van der Waals surface area contributed by atoms with Crippen LogP contribution in [0.5, 0.6) is 0 Å². The van der Waals surface area contributed by atoms with Crippen LogP contribution in [0.25, 0.3) is 5.03 Å². The number of rotatable bonds is 5. The molecule has 4 aliphatic carbocycles. The average molecular weight is 484 g/mol. The maximum Gasteiger partial charge on any atom is 0.337 e. The highest BCUT2D eigenvalue weighted by atomic mass is 35.5. The van der Waals surface area contributed by atoms with E-state index in [1.54, 1.807) is 13.0 Å². The van der Waals surface area contributed by atoms with Crippen molar-refractivity contribution in [3.63, 3.8) is 0 Å². The van der Waals surface area contributed by atoms with E-state index in [2.05, 4.69) is 17.4 Å². The summed E-state index contributed by atoms with van der Waals surface area (Å²) in [6.45, 7) is 1.70. The van der Waals surface area contributed by atoms with Crippen molar-refractivity contribution >= 4 is 45.8 Å². The summed E-state index contributed by atoms with van der Waals surface area (Å²) in [4.78, 5) is 24.2. The van der Waals surface area contributed by atoms with E-state index in [1.165, 1.54) is 56.2 Å². The van der Waals surface area contributed by atoms with Crippen molar-refractivity contribution in [2.75, 3.05) is 5.32 Å². The predicted octanol–water partition coefficient (Wildman–Crippen LogP) is 7.03. The number of benzene rings is 2. The minimum absolute atomic E-state index is 0.0576. The number of carbonyl (C=O) groups excluding carboxylic acids is 1. The zero-order valence-corrected chi connectivity index (χ0v) is 20.0. The van der Waals surface area contributed by atoms with Crippen molar-refractivity contribution in [2.45, 2.75) is 50.9 Å². The zero-order valence-electron chi connectivity index (χ0n) is 18.5. The normalized spacial score (nSPS) is 28.1. The van der Waals surface area contributed by atoms with E-state index in [0.29, 0.717) is 21.0 Å². The molecule has 2 aromatic rings. The Morgan fingerprint density at radius 2 is 1.61 bits per heavy atom. The SMILES string of the molecule is Cc1cc(Cl)cc(C(=O)O)c1NC(=O)C=C(Cl)c1ccc(C23CC4CC(CC(C4)C2)C3)cc1. The van der Waals surface area contributed by atoms with Crippen LogP contribution in [0.4, 0.5) is 5.69 Å². The molecule has 6 rings (SSSR count). The number of carbonyl (C=O) groups is 2. The molecule has 33 heavy (non-hydrogen) atoms. The molecule has 0 saturated heterocycles. The first-order valence-corrected chi connectivity index (χ1v) is 12.3. The molecule has 2 N–H and O–H groups in total. The largest absolute Gasteiger partial charge is 0.478 e. The third-order valence-electron chi connectivity index (χ3n) is 7.85. The number of aryl methyl sites for hydroxylation is 1. The van der Waals surface area contributed by atoms with Gasteiger partial charge in [0.15, 0.2) is 0 Å². The molecule has 0 heterocycles. The van der Waals surface area contributed by atoms with Crippen LogP contribution in [0.15, 0.2) is 42.5 Å². The fraction of sp³-hybridized carbons (Fsp3) is 0.407. The van der Waals surface area contributed by atoms with Crippen LogP contribution in [0.3, 0.4) is 0 Å². The van der Waals surface area contributed by atoms with Gasteiger partial charge >= 0.3 is 5.97 Å². The summed E-state index contributed by atoms with van der Waals surface area (Å²) < 4.78 is 0. The van der Waals surface area contributed by atoms with E-state index in [4.69, 9.17) is 23.2 Å². The molecule has 2 aromatic carbocycles. The molecule has 6 heteroatoms. The van der Waals surface area contributed by atoms with Gasteiger partial charge in [-0.3, -0.25) is 4.79 Å². The van der Waals surface area contributed by atoms with Gasteiger partial charge in [-0.25, -0.2) is 4.79 Å². The van der Waals surface area contributed by atoms with Crippen molar-refractivity contribution in [1.29, 1.82) is 0 Å². The highest BCUT2D eigenvalue weighted by Crippen LogP contribution is 2.60. The van der Waals surface area contributed by atoms with E-state index in [0.717, 1.165) is 23.3 Å². The zero-order chi connectivity index (χ0) is 23.3. The fourth-order valence-corrected chi connectivity index (χ4v) is 7.38. The topological polar surface area (TPSA) is 66.4 Å². The summed E-state index contributed by atoms with van der Waals surface area (Å²) in [5.74, 6) is 1.00. The summed E-state index contributed by atoms with van der Waals surface area (Å²) in [6.07, 6.45) is 9.44. The second-order valence-corrected chi connectivity index (χ2v) is 11.1. The number of carboxylic acid groups (broad SMARTS) is 1. The van der Waals surface area contributed by atoms with Gasteiger partial charge in [0, 0.05) is 11.1 Å². The molecule has 4 aliphatic rings. The molecular weight excluding hydrogens is 457 g/mol. The number of amides is 1. The molecule has 172 valence electrons. The first-order valence-electron chi connectivity index (χ1n) is 11.5. The molecule has 4 fully saturated rings. The lowest BCUT2D eigenvalue weighted by molar-refractivity contribution is -0.111. The Hall–Kier alpha value is -2.30. The second-order valence-electron chi connectivity index (χ2n) is 10.2. The number of hydrogen-bond donors (Lipinski definition) is 2. The highest BCUT2D eigenvalue weighted by Gasteiger charge is 2.51. The van der Waals surface area contributed by atoms with E-state index < -0.39 is 11.9 Å². The first-order chi connectivity index (χ1) is 15.7. The van der Waals surface area contributed by atoms with E-state index in [1.807, 2.05) is 12.1 Å². The maximum absolute atomic E-state index is 12.6. The molecule has 0 atom stereocenters. The Labute approximate surface area is 204 Å². The summed E-state index contributed by atoms with van der Waals surface area (Å²) in [5, 5.41) is 12.7. The van der Waals surface area contributed by atoms with Crippen LogP contribution in [0.2, 0.25) is 5.02 Å². The van der Waals surface area contributed by atoms with Crippen molar-refractivity contribution in [3.8, 4) is 0 Å². The van der Waals surface area contributed by atoms with Crippen LogP contribution >= 0.6 is 23.2 Å². The van der Waals surface area contributed by atoms with Gasteiger partial charge in [-0.05, 0) is 97.4 Å². The molecule has 0 radical (unpaired) electrons. The van der Waals surface area contributed by atoms with E-state index >= 15 is 0 Å². The minimum atomic E-state index is -1.16. The summed E-state index contributed by atoms with van der Waals surface area (Å²) in [7, 11) is 0. The molecule has 0 aromatic heterocycles. The number of carboxylic acids is 1. The lowest BCUT2D eigenvalue weighted by Gasteiger charge is -2.57. The Morgan fingerprint density at radius 1 is 1.03 bits per heavy atom. The van der Waals surface area contributed by atoms with Gasteiger partial charge in [0.1, 0.15) is 0 Å². The van der Waals surface area contributed by atoms with Crippen molar-refractivity contribution < 1.29 is 14.7 Å². The van der Waals surface area contributed by atoms with Crippen LogP contribution < -0.4 is 5.32 Å². The lowest BCUT2D eigenvalue weighted by Crippen LogP contribution is -2.48. The summed E-state index contributed by atoms with van der Waals surface area (Å²) >= 11 is 12.4. The predicted molar refractivity (Wildman–Crippen MR) is 132 cm³/mol. The standard InChI is InChI=1S/C27H27Cl2NO3/c1-15-6-21(28)10-22(26(32)33)25(15)30-24(31)11-23(29)19-2-4-20(5-3-19)27-12-16-7-17(13-27)9-18(8-16)14-27/h2-6,10-11,16-18H,7-9,12-14H2,1H3,(H,30,31)(H,32,33). The Morgan fingerprint density at radius 3 is 2.15 bits per heavy atom. The monoisotopic (exact) mass is 483 g/mol. The van der Waals surface area contributed by atoms with Gasteiger partial charge < -0.3 is 10.4 Å². The van der Waals surface area contributed by atoms with Gasteiger partial charge in [-0.1, -0.05) is 47.5 Å². The highest BCUT2D eigenvalue weighted by molar-refractivity contribution is 6.50. The van der Waals surface area contributed by atoms with Crippen LogP contribution in [0, 0.1) is 24.7 Å². The summed E-state index contributed by atoms with van der Waals surface area (Å²) in [5.41, 5.74) is 3.22.